The number of hydrogen-bond acceptors (Lipinski definition) is 4. The van der Waals surface area contributed by atoms with Gasteiger partial charge in [0.25, 0.3) is 5.91 Å². The average Bonchev–Trinajstić information content (AvgIpc) is 2.77. The van der Waals surface area contributed by atoms with Crippen molar-refractivity contribution in [3.05, 3.63) is 22.5 Å². The van der Waals surface area contributed by atoms with E-state index in [0.717, 1.165) is 18.5 Å². The first kappa shape index (κ1) is 18.2. The van der Waals surface area contributed by atoms with Gasteiger partial charge in [-0.2, -0.15) is 0 Å². The number of nitrogens with one attached hydrogen (secondary N) is 2. The topological polar surface area (TPSA) is 91.4 Å². The molecule has 0 bridgehead atoms. The molecule has 124 valence electrons. The number of esters is 1. The van der Waals surface area contributed by atoms with E-state index in [1.165, 1.54) is 0 Å². The van der Waals surface area contributed by atoms with Crippen LogP contribution in [0.25, 0.3) is 0 Å². The highest BCUT2D eigenvalue weighted by molar-refractivity contribution is 5.91. The van der Waals surface area contributed by atoms with Crippen LogP contribution in [-0.4, -0.2) is 34.6 Å². The highest BCUT2D eigenvalue weighted by Gasteiger charge is 2.21. The lowest BCUT2D eigenvalue weighted by Gasteiger charge is -2.14. The van der Waals surface area contributed by atoms with Crippen LogP contribution in [0.3, 0.4) is 0 Å². The summed E-state index contributed by atoms with van der Waals surface area (Å²) in [4.78, 5) is 26.7. The second kappa shape index (κ2) is 7.98. The van der Waals surface area contributed by atoms with Crippen molar-refractivity contribution in [1.29, 1.82) is 0 Å². The summed E-state index contributed by atoms with van der Waals surface area (Å²) in [6.45, 7) is 8.84. The molecule has 22 heavy (non-hydrogen) atoms. The van der Waals surface area contributed by atoms with Crippen LogP contribution in [0.4, 0.5) is 0 Å². The zero-order chi connectivity index (χ0) is 16.9. The van der Waals surface area contributed by atoms with Crippen molar-refractivity contribution >= 4 is 11.9 Å². The molecule has 1 heterocycles. The summed E-state index contributed by atoms with van der Waals surface area (Å²) in [5.41, 5.74) is 2.34. The number of aromatic amines is 1. The molecule has 1 amide bonds. The Hall–Kier alpha value is -1.82. The monoisotopic (exact) mass is 310 g/mol. The van der Waals surface area contributed by atoms with Gasteiger partial charge >= 0.3 is 5.97 Å². The van der Waals surface area contributed by atoms with Crippen LogP contribution in [0.1, 0.15) is 67.0 Å². The van der Waals surface area contributed by atoms with E-state index in [4.69, 9.17) is 4.74 Å². The molecule has 0 saturated heterocycles. The van der Waals surface area contributed by atoms with E-state index in [0.29, 0.717) is 11.1 Å². The molecule has 0 aromatic carbocycles. The summed E-state index contributed by atoms with van der Waals surface area (Å²) in [7, 11) is 0. The summed E-state index contributed by atoms with van der Waals surface area (Å²) in [5, 5.41) is 12.5. The van der Waals surface area contributed by atoms with Crippen molar-refractivity contribution < 1.29 is 19.4 Å². The Balaban J connectivity index is 2.67. The molecule has 0 spiro atoms. The van der Waals surface area contributed by atoms with Crippen LogP contribution in [0.2, 0.25) is 0 Å². The Morgan fingerprint density at radius 1 is 1.27 bits per heavy atom. The van der Waals surface area contributed by atoms with Gasteiger partial charge in [0.2, 0.25) is 0 Å². The minimum atomic E-state index is -0.670. The number of aromatic nitrogens is 1. The quantitative estimate of drug-likeness (QED) is 0.673. The number of carbonyl (C=O) groups is 2. The number of aryl methyl sites for hydroxylation is 1. The van der Waals surface area contributed by atoms with E-state index < -0.39 is 12.1 Å². The van der Waals surface area contributed by atoms with Crippen molar-refractivity contribution in [1.82, 2.24) is 10.3 Å². The molecule has 6 nitrogen and oxygen atoms in total. The van der Waals surface area contributed by atoms with E-state index in [1.807, 2.05) is 13.8 Å². The maximum Gasteiger partial charge on any atom is 0.355 e. The Bertz CT molecular complexity index is 530. The number of H-pyrrole nitrogens is 1. The van der Waals surface area contributed by atoms with Crippen LogP contribution >= 0.6 is 0 Å². The summed E-state index contributed by atoms with van der Waals surface area (Å²) in [6.07, 6.45) is 1.00. The van der Waals surface area contributed by atoms with Crippen LogP contribution < -0.4 is 5.32 Å². The fraction of sp³-hybridized carbons (Fsp3) is 0.625. The van der Waals surface area contributed by atoms with Gasteiger partial charge < -0.3 is 20.1 Å². The van der Waals surface area contributed by atoms with Gasteiger partial charge in [0, 0.05) is 17.3 Å². The molecule has 0 aliphatic carbocycles. The van der Waals surface area contributed by atoms with Crippen molar-refractivity contribution in [2.24, 2.45) is 0 Å². The van der Waals surface area contributed by atoms with E-state index in [9.17, 15) is 14.7 Å². The number of amides is 1. The third-order valence-corrected chi connectivity index (χ3v) is 3.80. The van der Waals surface area contributed by atoms with E-state index >= 15 is 0 Å². The third-order valence-electron chi connectivity index (χ3n) is 3.80. The molecule has 1 rings (SSSR count). The maximum atomic E-state index is 12.1. The Kier molecular flexibility index (Phi) is 6.61. The Labute approximate surface area is 131 Å². The summed E-state index contributed by atoms with van der Waals surface area (Å²) in [6, 6.07) is 0.0995. The zero-order valence-corrected chi connectivity index (χ0v) is 13.9. The van der Waals surface area contributed by atoms with Crippen molar-refractivity contribution in [2.45, 2.75) is 59.6 Å². The van der Waals surface area contributed by atoms with Crippen LogP contribution in [0, 0.1) is 13.8 Å². The number of aliphatic hydroxyl groups excluding tert-OH is 1. The summed E-state index contributed by atoms with van der Waals surface area (Å²) < 4.78 is 5.04. The highest BCUT2D eigenvalue weighted by atomic mass is 16.5. The van der Waals surface area contributed by atoms with Gasteiger partial charge in [-0.05, 0) is 39.2 Å². The molecule has 1 aromatic rings. The first-order valence-electron chi connectivity index (χ1n) is 7.65. The standard InChI is InChI=1S/C16H26N2O4/c1-6-12(7-2)18-13(20)8-22-16(21)15-9(3)14(11(5)19)10(4)17-15/h11-12,17,19H,6-8H2,1-5H3,(H,18,20)/t11-/m1/s1. The number of carbonyl (C=O) groups excluding carboxylic acids is 2. The molecule has 1 atom stereocenters. The smallest absolute Gasteiger partial charge is 0.355 e. The predicted octanol–water partition coefficient (Wildman–Crippen LogP) is 2.15. The fourth-order valence-electron chi connectivity index (χ4n) is 2.56. The van der Waals surface area contributed by atoms with Crippen molar-refractivity contribution in [3.63, 3.8) is 0 Å². The second-order valence-electron chi connectivity index (χ2n) is 5.50. The molecule has 0 aliphatic heterocycles. The van der Waals surface area contributed by atoms with Crippen LogP contribution in [-0.2, 0) is 9.53 Å². The molecular weight excluding hydrogens is 284 g/mol. The van der Waals surface area contributed by atoms with Gasteiger partial charge in [0.05, 0.1) is 6.10 Å². The number of aliphatic hydroxyl groups is 1. The van der Waals surface area contributed by atoms with Gasteiger partial charge in [0.1, 0.15) is 5.69 Å². The largest absolute Gasteiger partial charge is 0.451 e. The molecule has 1 aromatic heterocycles. The normalized spacial score (nSPS) is 12.3. The number of ether oxygens (including phenoxy) is 1. The second-order valence-corrected chi connectivity index (χ2v) is 5.50. The zero-order valence-electron chi connectivity index (χ0n) is 13.9. The molecule has 3 N–H and O–H groups in total. The molecule has 0 aliphatic rings. The lowest BCUT2D eigenvalue weighted by atomic mass is 10.1. The maximum absolute atomic E-state index is 12.1. The third kappa shape index (κ3) is 4.34. The minimum Gasteiger partial charge on any atom is -0.451 e. The predicted molar refractivity (Wildman–Crippen MR) is 83.7 cm³/mol. The molecule has 0 unspecified atom stereocenters. The van der Waals surface area contributed by atoms with Gasteiger partial charge in [-0.15, -0.1) is 0 Å². The van der Waals surface area contributed by atoms with E-state index in [2.05, 4.69) is 10.3 Å². The summed E-state index contributed by atoms with van der Waals surface area (Å²) in [5.74, 6) is -0.897. The van der Waals surface area contributed by atoms with Crippen LogP contribution in [0.15, 0.2) is 0 Å². The molecule has 0 saturated carbocycles. The SMILES string of the molecule is CCC(CC)NC(=O)COC(=O)c1[nH]c(C)c([C@@H](C)O)c1C. The van der Waals surface area contributed by atoms with Gasteiger partial charge in [-0.3, -0.25) is 4.79 Å². The number of rotatable bonds is 7. The van der Waals surface area contributed by atoms with Gasteiger partial charge in [-0.1, -0.05) is 13.8 Å². The van der Waals surface area contributed by atoms with Crippen LogP contribution in [0.5, 0.6) is 0 Å². The minimum absolute atomic E-state index is 0.0995. The lowest BCUT2D eigenvalue weighted by molar-refractivity contribution is -0.125. The first-order chi connectivity index (χ1) is 10.3. The lowest BCUT2D eigenvalue weighted by Crippen LogP contribution is -2.36. The Morgan fingerprint density at radius 3 is 2.32 bits per heavy atom. The van der Waals surface area contributed by atoms with Crippen molar-refractivity contribution in [3.8, 4) is 0 Å². The van der Waals surface area contributed by atoms with Gasteiger partial charge in [0.15, 0.2) is 6.61 Å². The van der Waals surface area contributed by atoms with E-state index in [1.54, 1.807) is 20.8 Å². The average molecular weight is 310 g/mol. The molecule has 6 heteroatoms. The first-order valence-corrected chi connectivity index (χ1v) is 7.65. The van der Waals surface area contributed by atoms with E-state index in [-0.39, 0.29) is 24.2 Å². The molecule has 0 radical (unpaired) electrons. The van der Waals surface area contributed by atoms with Gasteiger partial charge in [-0.25, -0.2) is 4.79 Å². The highest BCUT2D eigenvalue weighted by Crippen LogP contribution is 2.24. The fourth-order valence-corrected chi connectivity index (χ4v) is 2.56. The summed E-state index contributed by atoms with van der Waals surface area (Å²) >= 11 is 0. The van der Waals surface area contributed by atoms with Crippen molar-refractivity contribution in [2.75, 3.05) is 6.61 Å². The number of hydrogen-bond donors (Lipinski definition) is 3. The Morgan fingerprint density at radius 2 is 1.86 bits per heavy atom. The molecule has 0 fully saturated rings. The molecular formula is C16H26N2O4.